The smallest absolute Gasteiger partial charge is 0.368 e. The number of aromatic nitrogens is 2. The molecule has 62 valence electrons. The van der Waals surface area contributed by atoms with Crippen LogP contribution in [0.15, 0.2) is 6.20 Å². The van der Waals surface area contributed by atoms with Crippen molar-refractivity contribution in [3.63, 3.8) is 0 Å². The van der Waals surface area contributed by atoms with Gasteiger partial charge in [-0.05, 0) is 11.6 Å². The number of nitrogen functional groups attached to an aromatic ring is 1. The molecule has 0 aliphatic rings. The zero-order chi connectivity index (χ0) is 8.65. The van der Waals surface area contributed by atoms with Crippen LogP contribution in [0.3, 0.4) is 0 Å². The molecule has 11 heavy (non-hydrogen) atoms. The van der Waals surface area contributed by atoms with Crippen LogP contribution in [0.5, 0.6) is 0 Å². The molecule has 0 amide bonds. The lowest BCUT2D eigenvalue weighted by Crippen LogP contribution is -2.07. The maximum atomic E-state index is 12.3. The summed E-state index contributed by atoms with van der Waals surface area (Å²) in [6.45, 7) is 0. The molecular weight excluding hydrogens is 176 g/mol. The molecule has 0 bridgehead atoms. The standard InChI is InChI=1S/C5H6ClF2N3/c1-11-2-3(9)4(10-11)5(6,7)8/h2H,9H2,1H3. The maximum Gasteiger partial charge on any atom is 0.368 e. The average Bonchev–Trinajstić information content (AvgIpc) is 2.08. The van der Waals surface area contributed by atoms with Crippen molar-refractivity contribution in [2.75, 3.05) is 5.73 Å². The first-order valence-electron chi connectivity index (χ1n) is 2.77. The van der Waals surface area contributed by atoms with E-state index in [9.17, 15) is 8.78 Å². The lowest BCUT2D eigenvalue weighted by atomic mass is 10.4. The Bertz CT molecular complexity index is 265. The van der Waals surface area contributed by atoms with Crippen molar-refractivity contribution < 1.29 is 8.78 Å². The van der Waals surface area contributed by atoms with Crippen LogP contribution in [0.25, 0.3) is 0 Å². The molecule has 2 N–H and O–H groups in total. The highest BCUT2D eigenvalue weighted by Gasteiger charge is 2.33. The molecule has 0 saturated carbocycles. The van der Waals surface area contributed by atoms with E-state index in [4.69, 9.17) is 5.73 Å². The van der Waals surface area contributed by atoms with Crippen LogP contribution >= 0.6 is 11.6 Å². The molecule has 0 aromatic carbocycles. The van der Waals surface area contributed by atoms with Gasteiger partial charge in [-0.25, -0.2) is 0 Å². The minimum Gasteiger partial charge on any atom is -0.396 e. The molecule has 1 rings (SSSR count). The Kier molecular flexibility index (Phi) is 1.75. The fourth-order valence-electron chi connectivity index (χ4n) is 0.727. The number of alkyl halides is 3. The summed E-state index contributed by atoms with van der Waals surface area (Å²) in [7, 11) is 1.49. The molecule has 1 aromatic rings. The quantitative estimate of drug-likeness (QED) is 0.664. The topological polar surface area (TPSA) is 43.8 Å². The Labute approximate surface area is 66.7 Å². The van der Waals surface area contributed by atoms with Crippen molar-refractivity contribution >= 4 is 17.3 Å². The third-order valence-corrected chi connectivity index (χ3v) is 1.30. The Morgan fingerprint density at radius 1 is 1.73 bits per heavy atom. The molecule has 0 aliphatic heterocycles. The zero-order valence-electron chi connectivity index (χ0n) is 5.68. The molecule has 0 fully saturated rings. The molecule has 0 saturated heterocycles. The van der Waals surface area contributed by atoms with Crippen molar-refractivity contribution in [3.8, 4) is 0 Å². The van der Waals surface area contributed by atoms with Gasteiger partial charge in [0.2, 0.25) is 0 Å². The summed E-state index contributed by atoms with van der Waals surface area (Å²) < 4.78 is 25.9. The molecule has 0 aliphatic carbocycles. The third-order valence-electron chi connectivity index (χ3n) is 1.13. The number of nitrogens with zero attached hydrogens (tertiary/aromatic N) is 2. The van der Waals surface area contributed by atoms with Crippen molar-refractivity contribution in [2.45, 2.75) is 5.38 Å². The zero-order valence-corrected chi connectivity index (χ0v) is 6.44. The van der Waals surface area contributed by atoms with Crippen LogP contribution in [0.2, 0.25) is 0 Å². The number of rotatable bonds is 1. The second kappa shape index (κ2) is 2.34. The second-order valence-electron chi connectivity index (χ2n) is 2.10. The summed E-state index contributed by atoms with van der Waals surface area (Å²) >= 11 is 4.69. The van der Waals surface area contributed by atoms with Gasteiger partial charge in [0.25, 0.3) is 0 Å². The van der Waals surface area contributed by atoms with E-state index in [1.54, 1.807) is 0 Å². The van der Waals surface area contributed by atoms with Crippen LogP contribution in [0.1, 0.15) is 5.69 Å². The van der Waals surface area contributed by atoms with Crippen LogP contribution in [0.4, 0.5) is 14.5 Å². The van der Waals surface area contributed by atoms with E-state index in [1.807, 2.05) is 0 Å². The van der Waals surface area contributed by atoms with E-state index in [0.717, 1.165) is 0 Å². The molecule has 0 unspecified atom stereocenters. The number of aryl methyl sites for hydroxylation is 1. The van der Waals surface area contributed by atoms with Crippen molar-refractivity contribution in [3.05, 3.63) is 11.9 Å². The van der Waals surface area contributed by atoms with Gasteiger partial charge >= 0.3 is 5.38 Å². The second-order valence-corrected chi connectivity index (χ2v) is 2.58. The summed E-state index contributed by atoms with van der Waals surface area (Å²) in [5, 5.41) is -0.0896. The normalized spacial score (nSPS) is 12.0. The molecule has 0 radical (unpaired) electrons. The fourth-order valence-corrected chi connectivity index (χ4v) is 0.874. The highest BCUT2D eigenvalue weighted by Crippen LogP contribution is 2.34. The van der Waals surface area contributed by atoms with Crippen LogP contribution in [-0.2, 0) is 12.4 Å². The molecule has 6 heteroatoms. The van der Waals surface area contributed by atoms with Gasteiger partial charge in [-0.1, -0.05) is 0 Å². The van der Waals surface area contributed by atoms with Gasteiger partial charge in [-0.3, -0.25) is 4.68 Å². The first kappa shape index (κ1) is 8.26. The summed E-state index contributed by atoms with van der Waals surface area (Å²) in [5.74, 6) is 0. The van der Waals surface area contributed by atoms with E-state index in [-0.39, 0.29) is 5.69 Å². The maximum absolute atomic E-state index is 12.3. The summed E-state index contributed by atoms with van der Waals surface area (Å²) in [6, 6.07) is 0. The van der Waals surface area contributed by atoms with Gasteiger partial charge in [0.15, 0.2) is 5.69 Å². The summed E-state index contributed by atoms with van der Waals surface area (Å²) in [5.41, 5.74) is 4.48. The van der Waals surface area contributed by atoms with Gasteiger partial charge in [0.1, 0.15) is 0 Å². The van der Waals surface area contributed by atoms with E-state index < -0.39 is 11.1 Å². The molecule has 1 aromatic heterocycles. The Hall–Kier alpha value is -0.840. The summed E-state index contributed by atoms with van der Waals surface area (Å²) in [6.07, 6.45) is 1.27. The largest absolute Gasteiger partial charge is 0.396 e. The molecule has 3 nitrogen and oxygen atoms in total. The van der Waals surface area contributed by atoms with Crippen molar-refractivity contribution in [2.24, 2.45) is 7.05 Å². The van der Waals surface area contributed by atoms with Crippen LogP contribution < -0.4 is 5.73 Å². The predicted molar refractivity (Wildman–Crippen MR) is 37.4 cm³/mol. The molecule has 0 atom stereocenters. The lowest BCUT2D eigenvalue weighted by Gasteiger charge is -2.03. The van der Waals surface area contributed by atoms with E-state index >= 15 is 0 Å². The number of nitrogens with two attached hydrogens (primary N) is 1. The first-order valence-corrected chi connectivity index (χ1v) is 3.15. The Morgan fingerprint density at radius 3 is 2.45 bits per heavy atom. The van der Waals surface area contributed by atoms with Gasteiger partial charge < -0.3 is 5.73 Å². The van der Waals surface area contributed by atoms with E-state index in [2.05, 4.69) is 16.7 Å². The van der Waals surface area contributed by atoms with Crippen molar-refractivity contribution in [1.82, 2.24) is 9.78 Å². The van der Waals surface area contributed by atoms with Gasteiger partial charge in [0.05, 0.1) is 5.69 Å². The molecule has 1 heterocycles. The van der Waals surface area contributed by atoms with Gasteiger partial charge in [0, 0.05) is 13.2 Å². The van der Waals surface area contributed by atoms with Crippen LogP contribution in [0, 0.1) is 0 Å². The minimum atomic E-state index is -3.48. The Balaban J connectivity index is 3.13. The van der Waals surface area contributed by atoms with E-state index in [1.165, 1.54) is 17.9 Å². The number of halogens is 3. The highest BCUT2D eigenvalue weighted by atomic mass is 35.5. The number of hydrogen-bond donors (Lipinski definition) is 1. The molecule has 0 spiro atoms. The molecular formula is C5H6ClF2N3. The highest BCUT2D eigenvalue weighted by molar-refractivity contribution is 6.22. The van der Waals surface area contributed by atoms with Crippen molar-refractivity contribution in [1.29, 1.82) is 0 Å². The van der Waals surface area contributed by atoms with Crippen LogP contribution in [-0.4, -0.2) is 9.78 Å². The number of hydrogen-bond acceptors (Lipinski definition) is 2. The fraction of sp³-hybridized carbons (Fsp3) is 0.400. The average molecular weight is 182 g/mol. The van der Waals surface area contributed by atoms with E-state index in [0.29, 0.717) is 0 Å². The van der Waals surface area contributed by atoms with Gasteiger partial charge in [-0.2, -0.15) is 13.9 Å². The monoisotopic (exact) mass is 181 g/mol. The Morgan fingerprint density at radius 2 is 2.27 bits per heavy atom. The predicted octanol–water partition coefficient (Wildman–Crippen LogP) is 1.29. The first-order chi connectivity index (χ1) is 4.91. The SMILES string of the molecule is Cn1cc(N)c(C(F)(F)Cl)n1. The third kappa shape index (κ3) is 1.59. The van der Waals surface area contributed by atoms with Gasteiger partial charge in [-0.15, -0.1) is 0 Å². The minimum absolute atomic E-state index is 0.104. The summed E-state index contributed by atoms with van der Waals surface area (Å²) in [4.78, 5) is 0. The lowest BCUT2D eigenvalue weighted by molar-refractivity contribution is 0.0901. The number of anilines is 1.